The van der Waals surface area contributed by atoms with Crippen molar-refractivity contribution < 1.29 is 8.42 Å². The first-order valence-electron chi connectivity index (χ1n) is 8.06. The van der Waals surface area contributed by atoms with Gasteiger partial charge in [0.05, 0.1) is 16.3 Å². The van der Waals surface area contributed by atoms with Crippen LogP contribution in [0.3, 0.4) is 0 Å². The number of aromatic nitrogens is 2. The number of rotatable bonds is 5. The number of H-pyrrole nitrogens is 1. The van der Waals surface area contributed by atoms with Crippen molar-refractivity contribution in [2.45, 2.75) is 18.2 Å². The number of aromatic amines is 1. The van der Waals surface area contributed by atoms with Crippen molar-refractivity contribution in [3.05, 3.63) is 87.8 Å². The number of sulfonamides is 1. The molecule has 0 unspecified atom stereocenters. The van der Waals surface area contributed by atoms with E-state index in [4.69, 9.17) is 0 Å². The van der Waals surface area contributed by atoms with E-state index >= 15 is 0 Å². The normalized spacial score (nSPS) is 11.3. The van der Waals surface area contributed by atoms with Crippen LogP contribution in [0.15, 0.2) is 70.4 Å². The summed E-state index contributed by atoms with van der Waals surface area (Å²) in [6.07, 6.45) is 0.410. The molecule has 0 fully saturated rings. The topological polar surface area (TPSA) is 83.1 Å². The maximum Gasteiger partial charge on any atom is 0.267 e. The fraction of sp³-hybridized carbons (Fsp3) is 0.158. The maximum atomic E-state index is 12.8. The average Bonchev–Trinajstić information content (AvgIpc) is 2.65. The van der Waals surface area contributed by atoms with Gasteiger partial charge in [-0.2, -0.15) is 5.10 Å². The molecule has 3 aromatic rings. The lowest BCUT2D eigenvalue weighted by Crippen LogP contribution is -2.26. The van der Waals surface area contributed by atoms with Gasteiger partial charge >= 0.3 is 0 Å². The molecule has 26 heavy (non-hydrogen) atoms. The molecule has 0 aliphatic heterocycles. The van der Waals surface area contributed by atoms with E-state index in [-0.39, 0.29) is 10.5 Å². The average molecular weight is 369 g/mol. The molecule has 7 heteroatoms. The van der Waals surface area contributed by atoms with E-state index < -0.39 is 10.0 Å². The molecule has 134 valence electrons. The van der Waals surface area contributed by atoms with Crippen LogP contribution in [0.4, 0.5) is 5.69 Å². The second kappa shape index (κ2) is 7.13. The van der Waals surface area contributed by atoms with Gasteiger partial charge in [-0.25, -0.2) is 13.5 Å². The van der Waals surface area contributed by atoms with Gasteiger partial charge in [0.15, 0.2) is 0 Å². The molecule has 2 aromatic carbocycles. The SMILES string of the molecule is Cc1cc(Cc2ccc(S(=O)(=O)N(C)c3ccccc3)cc2)c(=O)[nH]n1. The highest BCUT2D eigenvalue weighted by molar-refractivity contribution is 7.92. The van der Waals surface area contributed by atoms with E-state index in [1.807, 2.05) is 6.07 Å². The van der Waals surface area contributed by atoms with Crippen molar-refractivity contribution in [3.63, 3.8) is 0 Å². The molecule has 3 rings (SSSR count). The Kier molecular flexibility index (Phi) is 4.90. The smallest absolute Gasteiger partial charge is 0.267 e. The predicted molar refractivity (Wildman–Crippen MR) is 101 cm³/mol. The zero-order valence-electron chi connectivity index (χ0n) is 14.5. The van der Waals surface area contributed by atoms with Crippen LogP contribution in [-0.2, 0) is 16.4 Å². The molecule has 0 aliphatic rings. The maximum absolute atomic E-state index is 12.8. The first kappa shape index (κ1) is 17.9. The number of hydrogen-bond donors (Lipinski definition) is 1. The highest BCUT2D eigenvalue weighted by atomic mass is 32.2. The van der Waals surface area contributed by atoms with Crippen LogP contribution in [0.5, 0.6) is 0 Å². The van der Waals surface area contributed by atoms with Crippen molar-refractivity contribution in [3.8, 4) is 0 Å². The Morgan fingerprint density at radius 3 is 2.35 bits per heavy atom. The molecule has 1 N–H and O–H groups in total. The standard InChI is InChI=1S/C19H19N3O3S/c1-14-12-16(19(23)21-20-14)13-15-8-10-18(11-9-15)26(24,25)22(2)17-6-4-3-5-7-17/h3-12H,13H2,1-2H3,(H,21,23). The van der Waals surface area contributed by atoms with Crippen LogP contribution >= 0.6 is 0 Å². The van der Waals surface area contributed by atoms with Crippen molar-refractivity contribution in [1.29, 1.82) is 0 Å². The monoisotopic (exact) mass is 369 g/mol. The Balaban J connectivity index is 1.85. The van der Waals surface area contributed by atoms with Gasteiger partial charge in [0.25, 0.3) is 15.6 Å². The first-order chi connectivity index (χ1) is 12.4. The highest BCUT2D eigenvalue weighted by Gasteiger charge is 2.21. The van der Waals surface area contributed by atoms with Gasteiger partial charge in [0.1, 0.15) is 0 Å². The van der Waals surface area contributed by atoms with E-state index in [1.165, 1.54) is 11.4 Å². The molecule has 0 saturated carbocycles. The molecule has 0 amide bonds. The number of para-hydroxylation sites is 1. The number of nitrogens with one attached hydrogen (secondary N) is 1. The van der Waals surface area contributed by atoms with Gasteiger partial charge in [-0.1, -0.05) is 30.3 Å². The largest absolute Gasteiger partial charge is 0.269 e. The minimum Gasteiger partial charge on any atom is -0.269 e. The second-order valence-corrected chi connectivity index (χ2v) is 7.96. The third-order valence-corrected chi connectivity index (χ3v) is 5.90. The zero-order chi connectivity index (χ0) is 18.7. The summed E-state index contributed by atoms with van der Waals surface area (Å²) in [6.45, 7) is 1.80. The number of hydrogen-bond acceptors (Lipinski definition) is 4. The molecule has 6 nitrogen and oxygen atoms in total. The lowest BCUT2D eigenvalue weighted by Gasteiger charge is -2.19. The molecule has 0 atom stereocenters. The van der Waals surface area contributed by atoms with E-state index in [2.05, 4.69) is 10.2 Å². The molecule has 0 aliphatic carbocycles. The van der Waals surface area contributed by atoms with E-state index in [1.54, 1.807) is 61.5 Å². The second-order valence-electron chi connectivity index (χ2n) is 5.99. The fourth-order valence-electron chi connectivity index (χ4n) is 2.63. The minimum atomic E-state index is -3.64. The minimum absolute atomic E-state index is 0.201. The Morgan fingerprint density at radius 2 is 1.69 bits per heavy atom. The van der Waals surface area contributed by atoms with Gasteiger partial charge in [-0.3, -0.25) is 9.10 Å². The van der Waals surface area contributed by atoms with Crippen molar-refractivity contribution >= 4 is 15.7 Å². The molecular weight excluding hydrogens is 350 g/mol. The third-order valence-electron chi connectivity index (χ3n) is 4.10. The number of benzene rings is 2. The summed E-state index contributed by atoms with van der Waals surface area (Å²) < 4.78 is 26.8. The lowest BCUT2D eigenvalue weighted by molar-refractivity contribution is 0.594. The van der Waals surface area contributed by atoms with Crippen LogP contribution in [0.2, 0.25) is 0 Å². The summed E-state index contributed by atoms with van der Waals surface area (Å²) in [7, 11) is -2.12. The number of aryl methyl sites for hydroxylation is 1. The Labute approximate surface area is 152 Å². The van der Waals surface area contributed by atoms with Crippen LogP contribution in [-0.4, -0.2) is 25.7 Å². The lowest BCUT2D eigenvalue weighted by atomic mass is 10.1. The number of anilines is 1. The summed E-state index contributed by atoms with van der Waals surface area (Å²) in [5.41, 5.74) is 2.52. The summed E-state index contributed by atoms with van der Waals surface area (Å²) in [6, 6.07) is 17.2. The van der Waals surface area contributed by atoms with Crippen LogP contribution < -0.4 is 9.86 Å². The van der Waals surface area contributed by atoms with Crippen molar-refractivity contribution in [1.82, 2.24) is 10.2 Å². The quantitative estimate of drug-likeness (QED) is 0.749. The molecule has 1 heterocycles. The van der Waals surface area contributed by atoms with Crippen LogP contribution in [0.1, 0.15) is 16.8 Å². The van der Waals surface area contributed by atoms with Gasteiger partial charge in [0, 0.05) is 19.0 Å². The van der Waals surface area contributed by atoms with Gasteiger partial charge in [-0.05, 0) is 42.8 Å². The zero-order valence-corrected chi connectivity index (χ0v) is 15.3. The summed E-state index contributed by atoms with van der Waals surface area (Å²) in [5, 5.41) is 6.30. The summed E-state index contributed by atoms with van der Waals surface area (Å²) in [4.78, 5) is 12.0. The first-order valence-corrected chi connectivity index (χ1v) is 9.50. The van der Waals surface area contributed by atoms with Gasteiger partial charge in [-0.15, -0.1) is 0 Å². The molecule has 0 radical (unpaired) electrons. The van der Waals surface area contributed by atoms with E-state index in [0.717, 1.165) is 11.3 Å². The van der Waals surface area contributed by atoms with Crippen LogP contribution in [0.25, 0.3) is 0 Å². The summed E-state index contributed by atoms with van der Waals surface area (Å²) in [5.74, 6) is 0. The molecular formula is C19H19N3O3S. The molecule has 0 saturated heterocycles. The molecule has 1 aromatic heterocycles. The van der Waals surface area contributed by atoms with Gasteiger partial charge in [0.2, 0.25) is 0 Å². The Bertz CT molecular complexity index is 1060. The Morgan fingerprint density at radius 1 is 1.04 bits per heavy atom. The van der Waals surface area contributed by atoms with Crippen molar-refractivity contribution in [2.75, 3.05) is 11.4 Å². The number of nitrogens with zero attached hydrogens (tertiary/aromatic N) is 2. The van der Waals surface area contributed by atoms with E-state index in [9.17, 15) is 13.2 Å². The predicted octanol–water partition coefficient (Wildman–Crippen LogP) is 2.49. The molecule has 0 bridgehead atoms. The van der Waals surface area contributed by atoms with E-state index in [0.29, 0.717) is 17.7 Å². The highest BCUT2D eigenvalue weighted by Crippen LogP contribution is 2.22. The van der Waals surface area contributed by atoms with Crippen molar-refractivity contribution in [2.24, 2.45) is 0 Å². The Hall–Kier alpha value is -2.93. The summed E-state index contributed by atoms with van der Waals surface area (Å²) >= 11 is 0. The van der Waals surface area contributed by atoms with Gasteiger partial charge < -0.3 is 0 Å². The fourth-order valence-corrected chi connectivity index (χ4v) is 3.82. The third kappa shape index (κ3) is 3.67. The van der Waals surface area contributed by atoms with Crippen LogP contribution in [0, 0.1) is 6.92 Å². The molecule has 0 spiro atoms.